The van der Waals surface area contributed by atoms with Crippen LogP contribution in [0.3, 0.4) is 0 Å². The van der Waals surface area contributed by atoms with Gasteiger partial charge in [-0.3, -0.25) is 4.79 Å². The van der Waals surface area contributed by atoms with E-state index in [1.165, 1.54) is 0 Å². The Morgan fingerprint density at radius 2 is 1.90 bits per heavy atom. The summed E-state index contributed by atoms with van der Waals surface area (Å²) in [5, 5.41) is 8.61. The van der Waals surface area contributed by atoms with E-state index in [0.29, 0.717) is 50.8 Å². The predicted molar refractivity (Wildman–Crippen MR) is 110 cm³/mol. The lowest BCUT2D eigenvalue weighted by Crippen LogP contribution is -2.53. The largest absolute Gasteiger partial charge is 0.463 e. The smallest absolute Gasteiger partial charge is 0.409 e. The predicted octanol–water partition coefficient (Wildman–Crippen LogP) is 2.25. The third-order valence-electron chi connectivity index (χ3n) is 5.64. The van der Waals surface area contributed by atoms with Gasteiger partial charge < -0.3 is 23.9 Å². The number of amides is 2. The fourth-order valence-corrected chi connectivity index (χ4v) is 4.02. The summed E-state index contributed by atoms with van der Waals surface area (Å²) in [6.45, 7) is 5.77. The molecular weight excluding hydrogens is 386 g/mol. The van der Waals surface area contributed by atoms with Gasteiger partial charge in [0.25, 0.3) is 0 Å². The van der Waals surface area contributed by atoms with Gasteiger partial charge in [-0.05, 0) is 44.0 Å². The molecular formula is C21H27N5O4. The number of carbonyl (C=O) groups excluding carboxylic acids is 2. The zero-order valence-corrected chi connectivity index (χ0v) is 17.2. The van der Waals surface area contributed by atoms with E-state index in [1.807, 2.05) is 29.2 Å². The molecule has 9 nitrogen and oxygen atoms in total. The van der Waals surface area contributed by atoms with Crippen molar-refractivity contribution in [3.05, 3.63) is 30.5 Å². The van der Waals surface area contributed by atoms with Crippen molar-refractivity contribution in [3.8, 4) is 11.5 Å². The third-order valence-corrected chi connectivity index (χ3v) is 5.64. The zero-order valence-electron chi connectivity index (χ0n) is 17.2. The molecule has 2 fully saturated rings. The summed E-state index contributed by atoms with van der Waals surface area (Å²) in [7, 11) is 0. The van der Waals surface area contributed by atoms with Crippen LogP contribution in [0.2, 0.25) is 0 Å². The minimum absolute atomic E-state index is 0.0700. The van der Waals surface area contributed by atoms with E-state index in [4.69, 9.17) is 9.15 Å². The normalized spacial score (nSPS) is 19.6. The number of hydrogen-bond donors (Lipinski definition) is 0. The number of ether oxygens (including phenoxy) is 1. The number of piperidine rings is 1. The van der Waals surface area contributed by atoms with E-state index >= 15 is 0 Å². The van der Waals surface area contributed by atoms with Gasteiger partial charge >= 0.3 is 6.09 Å². The number of nitrogens with zero attached hydrogens (tertiary/aromatic N) is 5. The maximum absolute atomic E-state index is 13.1. The summed E-state index contributed by atoms with van der Waals surface area (Å²) in [5.41, 5.74) is 0.688. The van der Waals surface area contributed by atoms with Gasteiger partial charge in [0.1, 0.15) is 5.69 Å². The van der Waals surface area contributed by atoms with E-state index < -0.39 is 0 Å². The van der Waals surface area contributed by atoms with E-state index in [2.05, 4.69) is 15.1 Å². The summed E-state index contributed by atoms with van der Waals surface area (Å²) in [5.74, 6) is 1.54. The Hall–Kier alpha value is -3.10. The number of hydrogen-bond acceptors (Lipinski definition) is 7. The molecule has 0 radical (unpaired) electrons. The second-order valence-corrected chi connectivity index (χ2v) is 7.55. The van der Waals surface area contributed by atoms with Gasteiger partial charge in [0.2, 0.25) is 5.91 Å². The summed E-state index contributed by atoms with van der Waals surface area (Å²) in [6, 6.07) is 7.48. The molecule has 0 unspecified atom stereocenters. The molecule has 1 atom stereocenters. The van der Waals surface area contributed by atoms with E-state index in [-0.39, 0.29) is 17.9 Å². The molecule has 4 rings (SSSR count). The highest BCUT2D eigenvalue weighted by Gasteiger charge is 2.32. The van der Waals surface area contributed by atoms with Gasteiger partial charge in [0, 0.05) is 39.3 Å². The van der Waals surface area contributed by atoms with Crippen LogP contribution in [0.4, 0.5) is 10.6 Å². The van der Waals surface area contributed by atoms with Crippen molar-refractivity contribution in [2.45, 2.75) is 19.8 Å². The molecule has 2 saturated heterocycles. The average molecular weight is 413 g/mol. The molecule has 0 N–H and O–H groups in total. The Morgan fingerprint density at radius 3 is 2.57 bits per heavy atom. The van der Waals surface area contributed by atoms with Crippen molar-refractivity contribution in [2.75, 3.05) is 50.8 Å². The number of piperazine rings is 1. The van der Waals surface area contributed by atoms with Crippen molar-refractivity contribution in [2.24, 2.45) is 5.92 Å². The van der Waals surface area contributed by atoms with Crippen LogP contribution in [0.25, 0.3) is 11.5 Å². The summed E-state index contributed by atoms with van der Waals surface area (Å²) in [6.07, 6.45) is 3.11. The molecule has 2 aliphatic rings. The molecule has 0 bridgehead atoms. The molecule has 0 saturated carbocycles. The number of furan rings is 1. The summed E-state index contributed by atoms with van der Waals surface area (Å²) in [4.78, 5) is 30.6. The molecule has 160 valence electrons. The van der Waals surface area contributed by atoms with E-state index in [0.717, 1.165) is 25.2 Å². The van der Waals surface area contributed by atoms with Crippen LogP contribution in [0, 0.1) is 5.92 Å². The Morgan fingerprint density at radius 1 is 1.10 bits per heavy atom. The first-order chi connectivity index (χ1) is 14.7. The Balaban J connectivity index is 1.34. The topological polar surface area (TPSA) is 92.0 Å². The van der Waals surface area contributed by atoms with Gasteiger partial charge in [-0.1, -0.05) is 0 Å². The molecule has 0 spiro atoms. The molecule has 0 aliphatic carbocycles. The van der Waals surface area contributed by atoms with Gasteiger partial charge in [0.15, 0.2) is 11.6 Å². The van der Waals surface area contributed by atoms with Crippen LogP contribution >= 0.6 is 0 Å². The lowest BCUT2D eigenvalue weighted by atomic mass is 9.96. The van der Waals surface area contributed by atoms with Crippen LogP contribution in [-0.4, -0.2) is 77.9 Å². The van der Waals surface area contributed by atoms with Crippen LogP contribution in [0.1, 0.15) is 19.8 Å². The lowest BCUT2D eigenvalue weighted by molar-refractivity contribution is -0.137. The van der Waals surface area contributed by atoms with Gasteiger partial charge in [-0.2, -0.15) is 0 Å². The van der Waals surface area contributed by atoms with Crippen LogP contribution in [0.5, 0.6) is 0 Å². The molecule has 2 amide bonds. The highest BCUT2D eigenvalue weighted by atomic mass is 16.6. The Bertz CT molecular complexity index is 847. The highest BCUT2D eigenvalue weighted by molar-refractivity contribution is 5.80. The van der Waals surface area contributed by atoms with Gasteiger partial charge in [-0.25, -0.2) is 4.79 Å². The van der Waals surface area contributed by atoms with Gasteiger partial charge in [0.05, 0.1) is 18.8 Å². The maximum atomic E-state index is 13.1. The SMILES string of the molecule is CCOC(=O)N1CCN(C(=O)[C@H]2CCCN(c3ccc(-c4ccco4)nn3)C2)CC1. The Labute approximate surface area is 175 Å². The molecule has 0 aromatic carbocycles. The second-order valence-electron chi connectivity index (χ2n) is 7.55. The van der Waals surface area contributed by atoms with Gasteiger partial charge in [-0.15, -0.1) is 10.2 Å². The Kier molecular flexibility index (Phi) is 6.15. The van der Waals surface area contributed by atoms with E-state index in [9.17, 15) is 9.59 Å². The standard InChI is InChI=1S/C21H27N5O4/c1-2-29-21(28)25-12-10-24(11-13-25)20(27)16-5-3-9-26(15-16)19-8-7-17(22-23-19)18-6-4-14-30-18/h4,6-8,14,16H,2-3,5,9-13,15H2,1H3/t16-/m0/s1. The molecule has 2 aromatic heterocycles. The first kappa shape index (κ1) is 20.2. The monoisotopic (exact) mass is 413 g/mol. The summed E-state index contributed by atoms with van der Waals surface area (Å²) >= 11 is 0. The molecule has 9 heteroatoms. The quantitative estimate of drug-likeness (QED) is 0.759. The van der Waals surface area contributed by atoms with Crippen LogP contribution in [0.15, 0.2) is 34.9 Å². The minimum Gasteiger partial charge on any atom is -0.463 e. The second kappa shape index (κ2) is 9.15. The molecule has 4 heterocycles. The fourth-order valence-electron chi connectivity index (χ4n) is 4.02. The van der Waals surface area contributed by atoms with E-state index in [1.54, 1.807) is 18.1 Å². The first-order valence-corrected chi connectivity index (χ1v) is 10.5. The molecule has 30 heavy (non-hydrogen) atoms. The van der Waals surface area contributed by atoms with Crippen molar-refractivity contribution >= 4 is 17.8 Å². The zero-order chi connectivity index (χ0) is 20.9. The van der Waals surface area contributed by atoms with Crippen molar-refractivity contribution in [1.29, 1.82) is 0 Å². The lowest BCUT2D eigenvalue weighted by Gasteiger charge is -2.38. The number of aromatic nitrogens is 2. The highest BCUT2D eigenvalue weighted by Crippen LogP contribution is 2.25. The van der Waals surface area contributed by atoms with Crippen LogP contribution in [-0.2, 0) is 9.53 Å². The van der Waals surface area contributed by atoms with Crippen molar-refractivity contribution in [3.63, 3.8) is 0 Å². The van der Waals surface area contributed by atoms with Crippen molar-refractivity contribution in [1.82, 2.24) is 20.0 Å². The molecule has 2 aromatic rings. The summed E-state index contributed by atoms with van der Waals surface area (Å²) < 4.78 is 10.4. The maximum Gasteiger partial charge on any atom is 0.409 e. The number of carbonyl (C=O) groups is 2. The minimum atomic E-state index is -0.301. The molecule has 2 aliphatic heterocycles. The fraction of sp³-hybridized carbons (Fsp3) is 0.524. The number of rotatable bonds is 4. The average Bonchev–Trinajstić information content (AvgIpc) is 3.34. The number of anilines is 1. The third kappa shape index (κ3) is 4.39. The van der Waals surface area contributed by atoms with Crippen LogP contribution < -0.4 is 4.90 Å². The first-order valence-electron chi connectivity index (χ1n) is 10.5. The van der Waals surface area contributed by atoms with Crippen molar-refractivity contribution < 1.29 is 18.7 Å².